The molecule has 0 bridgehead atoms. The van der Waals surface area contributed by atoms with Crippen molar-refractivity contribution in [3.05, 3.63) is 70.4 Å². The number of Topliss-reactive ketones (excluding diaryl/α,β-unsaturated/α-hetero) is 1. The molecule has 0 aliphatic carbocycles. The quantitative estimate of drug-likeness (QED) is 0.634. The lowest BCUT2D eigenvalue weighted by Gasteiger charge is -2.44. The molecule has 31 heavy (non-hydrogen) atoms. The number of carbonyl (C=O) groups is 2. The number of hydrogen-bond acceptors (Lipinski definition) is 4. The van der Waals surface area contributed by atoms with Gasteiger partial charge in [-0.3, -0.25) is 14.7 Å². The number of nitrogens with one attached hydrogen (secondary N) is 1. The van der Waals surface area contributed by atoms with Crippen LogP contribution in [0.5, 0.6) is 5.75 Å². The maximum atomic E-state index is 13.1. The van der Waals surface area contributed by atoms with Gasteiger partial charge < -0.3 is 9.64 Å². The van der Waals surface area contributed by atoms with Crippen molar-refractivity contribution in [1.29, 1.82) is 0 Å². The highest BCUT2D eigenvalue weighted by Gasteiger charge is 2.44. The van der Waals surface area contributed by atoms with Crippen LogP contribution in [0, 0.1) is 6.92 Å². The van der Waals surface area contributed by atoms with Gasteiger partial charge in [-0.25, -0.2) is 0 Å². The Morgan fingerprint density at radius 1 is 1.19 bits per heavy atom. The maximum Gasteiger partial charge on any atom is 0.253 e. The van der Waals surface area contributed by atoms with Crippen molar-refractivity contribution in [3.63, 3.8) is 0 Å². The number of aromatic nitrogens is 2. The third kappa shape index (κ3) is 3.61. The average Bonchev–Trinajstić information content (AvgIpc) is 3.31. The number of fused-ring (bicyclic) bond motifs is 1. The molecule has 0 unspecified atom stereocenters. The first-order valence-corrected chi connectivity index (χ1v) is 10.7. The number of halogens is 1. The Morgan fingerprint density at radius 3 is 2.74 bits per heavy atom. The minimum atomic E-state index is -0.557. The number of carbonyl (C=O) groups excluding carboxylic acids is 2. The van der Waals surface area contributed by atoms with Crippen LogP contribution in [0.25, 0.3) is 11.3 Å². The fraction of sp³-hybridized carbons (Fsp3) is 0.292. The number of benzene rings is 2. The zero-order valence-electron chi connectivity index (χ0n) is 17.2. The second kappa shape index (κ2) is 7.54. The third-order valence-corrected chi connectivity index (χ3v) is 6.66. The number of aromatic amines is 1. The Hall–Kier alpha value is -3.12. The number of rotatable bonds is 2. The van der Waals surface area contributed by atoms with Crippen LogP contribution in [0.2, 0.25) is 5.02 Å². The van der Waals surface area contributed by atoms with Crippen molar-refractivity contribution < 1.29 is 14.3 Å². The number of likely N-dealkylation sites (tertiary alicyclic amines) is 1. The second-order valence-corrected chi connectivity index (χ2v) is 8.73. The molecular formula is C24H22ClN3O3. The van der Waals surface area contributed by atoms with Crippen LogP contribution in [0.1, 0.15) is 45.5 Å². The first-order valence-electron chi connectivity index (χ1n) is 10.4. The van der Waals surface area contributed by atoms with Crippen LogP contribution in [0.15, 0.2) is 48.7 Å². The Labute approximate surface area is 185 Å². The first kappa shape index (κ1) is 19.8. The van der Waals surface area contributed by atoms with Gasteiger partial charge in [0.1, 0.15) is 11.4 Å². The van der Waals surface area contributed by atoms with Gasteiger partial charge in [-0.05, 0) is 42.8 Å². The predicted octanol–water partition coefficient (Wildman–Crippen LogP) is 4.68. The van der Waals surface area contributed by atoms with Gasteiger partial charge in [-0.1, -0.05) is 23.7 Å². The van der Waals surface area contributed by atoms with E-state index in [0.717, 1.165) is 16.8 Å². The summed E-state index contributed by atoms with van der Waals surface area (Å²) in [6, 6.07) is 12.9. The van der Waals surface area contributed by atoms with Crippen LogP contribution in [0.3, 0.4) is 0 Å². The zero-order chi connectivity index (χ0) is 21.6. The molecule has 3 heterocycles. The van der Waals surface area contributed by atoms with Crippen molar-refractivity contribution >= 4 is 23.3 Å². The highest BCUT2D eigenvalue weighted by molar-refractivity contribution is 6.31. The maximum absolute atomic E-state index is 13.1. The van der Waals surface area contributed by atoms with Gasteiger partial charge in [0.05, 0.1) is 17.7 Å². The van der Waals surface area contributed by atoms with E-state index < -0.39 is 5.60 Å². The number of ketones is 1. The summed E-state index contributed by atoms with van der Waals surface area (Å²) in [6.45, 7) is 2.99. The minimum absolute atomic E-state index is 0.0126. The molecule has 0 saturated carbocycles. The minimum Gasteiger partial charge on any atom is -0.486 e. The van der Waals surface area contributed by atoms with E-state index >= 15 is 0 Å². The molecule has 2 aliphatic heterocycles. The molecule has 1 saturated heterocycles. The molecule has 0 radical (unpaired) electrons. The highest BCUT2D eigenvalue weighted by Crippen LogP contribution is 2.41. The summed E-state index contributed by atoms with van der Waals surface area (Å²) < 4.78 is 6.34. The molecule has 5 rings (SSSR count). The average molecular weight is 436 g/mol. The number of nitrogens with zero attached hydrogens (tertiary/aromatic N) is 2. The molecule has 1 fully saturated rings. The van der Waals surface area contributed by atoms with E-state index in [2.05, 4.69) is 10.2 Å². The van der Waals surface area contributed by atoms with Crippen molar-refractivity contribution in [1.82, 2.24) is 15.1 Å². The Kier molecular flexibility index (Phi) is 4.82. The van der Waals surface area contributed by atoms with E-state index in [1.54, 1.807) is 12.3 Å². The summed E-state index contributed by atoms with van der Waals surface area (Å²) >= 11 is 6.19. The lowest BCUT2D eigenvalue weighted by Crippen LogP contribution is -2.52. The molecule has 0 atom stereocenters. The number of amides is 1. The van der Waals surface area contributed by atoms with Gasteiger partial charge >= 0.3 is 0 Å². The van der Waals surface area contributed by atoms with Crippen molar-refractivity contribution in [2.24, 2.45) is 0 Å². The van der Waals surface area contributed by atoms with Crippen LogP contribution in [-0.4, -0.2) is 45.5 Å². The molecule has 1 N–H and O–H groups in total. The summed E-state index contributed by atoms with van der Waals surface area (Å²) in [4.78, 5) is 27.7. The largest absolute Gasteiger partial charge is 0.486 e. The number of ether oxygens (including phenoxy) is 1. The third-order valence-electron chi connectivity index (χ3n) is 6.25. The number of aryl methyl sites for hydroxylation is 1. The lowest BCUT2D eigenvalue weighted by atomic mass is 9.82. The predicted molar refractivity (Wildman–Crippen MR) is 118 cm³/mol. The topological polar surface area (TPSA) is 75.3 Å². The zero-order valence-corrected chi connectivity index (χ0v) is 17.9. The van der Waals surface area contributed by atoms with Crippen LogP contribution in [0.4, 0.5) is 0 Å². The van der Waals surface area contributed by atoms with Crippen LogP contribution in [-0.2, 0) is 0 Å². The molecule has 1 spiro atoms. The van der Waals surface area contributed by atoms with E-state index in [4.69, 9.17) is 16.3 Å². The van der Waals surface area contributed by atoms with E-state index in [1.807, 2.05) is 48.2 Å². The molecule has 3 aromatic rings. The molecule has 1 aromatic heterocycles. The van der Waals surface area contributed by atoms with Gasteiger partial charge in [-0.15, -0.1) is 0 Å². The normalized spacial score (nSPS) is 17.4. The van der Waals surface area contributed by atoms with Crippen molar-refractivity contribution in [2.75, 3.05) is 13.1 Å². The first-order chi connectivity index (χ1) is 14.9. The van der Waals surface area contributed by atoms with Gasteiger partial charge in [0.2, 0.25) is 0 Å². The standard InChI is InChI=1S/C24H22ClN3O3/c1-15-11-22-18(13-19(15)25)21(29)14-24(31-22)6-9-28(10-7-24)23(30)17-4-2-3-16(12-17)20-5-8-26-27-20/h2-5,8,11-13H,6-7,9-10,14H2,1H3,(H,26,27). The Bertz CT molecular complexity index is 1160. The molecule has 2 aromatic carbocycles. The van der Waals surface area contributed by atoms with E-state index in [0.29, 0.717) is 54.3 Å². The number of hydrogen-bond donors (Lipinski definition) is 1. The molecule has 1 amide bonds. The van der Waals surface area contributed by atoms with Gasteiger partial charge in [0.15, 0.2) is 5.78 Å². The summed E-state index contributed by atoms with van der Waals surface area (Å²) in [7, 11) is 0. The summed E-state index contributed by atoms with van der Waals surface area (Å²) in [5.74, 6) is 0.641. The molecule has 158 valence electrons. The van der Waals surface area contributed by atoms with Crippen molar-refractivity contribution in [2.45, 2.75) is 31.8 Å². The Balaban J connectivity index is 1.31. The van der Waals surface area contributed by atoms with E-state index in [-0.39, 0.29) is 11.7 Å². The van der Waals surface area contributed by atoms with Crippen molar-refractivity contribution in [3.8, 4) is 17.0 Å². The highest BCUT2D eigenvalue weighted by atomic mass is 35.5. The molecule has 2 aliphatic rings. The monoisotopic (exact) mass is 435 g/mol. The number of H-pyrrole nitrogens is 1. The van der Waals surface area contributed by atoms with Gasteiger partial charge in [0, 0.05) is 48.3 Å². The summed E-state index contributed by atoms with van der Waals surface area (Å²) in [5.41, 5.74) is 3.31. The van der Waals surface area contributed by atoms with Gasteiger partial charge in [0.25, 0.3) is 5.91 Å². The Morgan fingerprint density at radius 2 is 2.00 bits per heavy atom. The SMILES string of the molecule is Cc1cc2c(cc1Cl)C(=O)CC1(CCN(C(=O)c3cccc(-c4ccn[nH]4)c3)CC1)O2. The van der Waals surface area contributed by atoms with Gasteiger partial charge in [-0.2, -0.15) is 5.10 Å². The lowest BCUT2D eigenvalue weighted by molar-refractivity contribution is -0.00573. The molecule has 6 nitrogen and oxygen atoms in total. The molecular weight excluding hydrogens is 414 g/mol. The smallest absolute Gasteiger partial charge is 0.253 e. The second-order valence-electron chi connectivity index (χ2n) is 8.33. The van der Waals surface area contributed by atoms with E-state index in [9.17, 15) is 9.59 Å². The fourth-order valence-electron chi connectivity index (χ4n) is 4.43. The van der Waals surface area contributed by atoms with Crippen LogP contribution < -0.4 is 4.74 Å². The number of piperidine rings is 1. The van der Waals surface area contributed by atoms with Crippen LogP contribution >= 0.6 is 11.6 Å². The summed E-state index contributed by atoms with van der Waals surface area (Å²) in [5, 5.41) is 7.47. The summed E-state index contributed by atoms with van der Waals surface area (Å²) in [6.07, 6.45) is 3.24. The molecule has 7 heteroatoms. The fourth-order valence-corrected chi connectivity index (χ4v) is 4.59. The van der Waals surface area contributed by atoms with E-state index in [1.165, 1.54) is 0 Å².